The highest BCUT2D eigenvalue weighted by molar-refractivity contribution is 9.10. The third-order valence-corrected chi connectivity index (χ3v) is 5.22. The molecule has 1 rings (SSSR count). The van der Waals surface area contributed by atoms with Crippen LogP contribution in [-0.4, -0.2) is 20.9 Å². The Morgan fingerprint density at radius 3 is 2.57 bits per heavy atom. The predicted octanol–water partition coefficient (Wildman–Crippen LogP) is 3.68. The number of rotatable bonds is 6. The SMILES string of the molecule is CC(C)CCCNC(=O)c1cc(F)cc(S(=O)(=O)Cl)c1Br. The van der Waals surface area contributed by atoms with E-state index >= 15 is 0 Å². The molecule has 4 nitrogen and oxygen atoms in total. The van der Waals surface area contributed by atoms with Gasteiger partial charge in [-0.15, -0.1) is 0 Å². The topological polar surface area (TPSA) is 63.2 Å². The second kappa shape index (κ2) is 7.56. The first-order valence-electron chi connectivity index (χ1n) is 6.35. The third kappa shape index (κ3) is 5.56. The van der Waals surface area contributed by atoms with Crippen molar-refractivity contribution in [1.29, 1.82) is 0 Å². The predicted molar refractivity (Wildman–Crippen MR) is 83.5 cm³/mol. The standard InChI is InChI=1S/C13H16BrClFNO3S/c1-8(2)4-3-5-17-13(18)10-6-9(16)7-11(12(10)14)21(15,19)20/h6-8H,3-5H2,1-2H3,(H,17,18). The minimum Gasteiger partial charge on any atom is -0.352 e. The van der Waals surface area contributed by atoms with Gasteiger partial charge < -0.3 is 5.32 Å². The van der Waals surface area contributed by atoms with Crippen LogP contribution >= 0.6 is 26.6 Å². The Bertz CT molecular complexity index is 635. The van der Waals surface area contributed by atoms with Gasteiger partial charge in [-0.05, 0) is 46.8 Å². The normalized spacial score (nSPS) is 11.7. The third-order valence-electron chi connectivity index (χ3n) is 2.76. The molecule has 0 bridgehead atoms. The fraction of sp³-hybridized carbons (Fsp3) is 0.462. The van der Waals surface area contributed by atoms with E-state index in [1.54, 1.807) is 0 Å². The van der Waals surface area contributed by atoms with Crippen LogP contribution in [0, 0.1) is 11.7 Å². The lowest BCUT2D eigenvalue weighted by Crippen LogP contribution is -2.25. The maximum atomic E-state index is 13.5. The van der Waals surface area contributed by atoms with Gasteiger partial charge in [-0.1, -0.05) is 13.8 Å². The summed E-state index contributed by atoms with van der Waals surface area (Å²) < 4.78 is 36.1. The molecule has 0 aromatic heterocycles. The zero-order chi connectivity index (χ0) is 16.2. The van der Waals surface area contributed by atoms with Crippen molar-refractivity contribution in [3.8, 4) is 0 Å². The molecule has 118 valence electrons. The van der Waals surface area contributed by atoms with Crippen molar-refractivity contribution >= 4 is 41.6 Å². The van der Waals surface area contributed by atoms with Crippen LogP contribution in [0.1, 0.15) is 37.0 Å². The van der Waals surface area contributed by atoms with Crippen molar-refractivity contribution in [2.45, 2.75) is 31.6 Å². The van der Waals surface area contributed by atoms with Crippen molar-refractivity contribution < 1.29 is 17.6 Å². The van der Waals surface area contributed by atoms with E-state index in [-0.39, 0.29) is 10.0 Å². The number of amides is 1. The fourth-order valence-electron chi connectivity index (χ4n) is 1.71. The molecule has 0 fully saturated rings. The molecule has 0 aliphatic rings. The lowest BCUT2D eigenvalue weighted by Gasteiger charge is -2.10. The first kappa shape index (κ1) is 18.4. The molecule has 0 aliphatic carbocycles. The van der Waals surface area contributed by atoms with Crippen LogP contribution in [0.3, 0.4) is 0 Å². The summed E-state index contributed by atoms with van der Waals surface area (Å²) in [5.41, 5.74) is -0.0984. The number of carbonyl (C=O) groups excluding carboxylic acids is 1. The Balaban J connectivity index is 2.93. The number of hydrogen-bond acceptors (Lipinski definition) is 3. The number of carbonyl (C=O) groups is 1. The van der Waals surface area contributed by atoms with Gasteiger partial charge in [0.15, 0.2) is 0 Å². The average molecular weight is 401 g/mol. The molecule has 0 atom stereocenters. The molecule has 1 N–H and O–H groups in total. The van der Waals surface area contributed by atoms with E-state index in [1.165, 1.54) is 0 Å². The van der Waals surface area contributed by atoms with Gasteiger partial charge in [0.25, 0.3) is 15.0 Å². The van der Waals surface area contributed by atoms with Gasteiger partial charge in [0.05, 0.1) is 10.0 Å². The van der Waals surface area contributed by atoms with E-state index in [9.17, 15) is 17.6 Å². The lowest BCUT2D eigenvalue weighted by atomic mass is 10.1. The monoisotopic (exact) mass is 399 g/mol. The number of hydrogen-bond donors (Lipinski definition) is 1. The quantitative estimate of drug-likeness (QED) is 0.585. The second-order valence-electron chi connectivity index (χ2n) is 5.00. The molecule has 1 aromatic carbocycles. The lowest BCUT2D eigenvalue weighted by molar-refractivity contribution is 0.0951. The van der Waals surface area contributed by atoms with Gasteiger partial charge in [0.2, 0.25) is 0 Å². The first-order chi connectivity index (χ1) is 9.62. The van der Waals surface area contributed by atoms with Crippen LogP contribution in [-0.2, 0) is 9.05 Å². The van der Waals surface area contributed by atoms with E-state index in [4.69, 9.17) is 10.7 Å². The van der Waals surface area contributed by atoms with E-state index in [0.29, 0.717) is 12.5 Å². The Morgan fingerprint density at radius 2 is 2.05 bits per heavy atom. The highest BCUT2D eigenvalue weighted by Gasteiger charge is 2.22. The Hall–Kier alpha value is -0.660. The smallest absolute Gasteiger partial charge is 0.262 e. The summed E-state index contributed by atoms with van der Waals surface area (Å²) in [5, 5.41) is 2.63. The molecule has 0 saturated heterocycles. The Morgan fingerprint density at radius 1 is 1.43 bits per heavy atom. The van der Waals surface area contributed by atoms with E-state index in [2.05, 4.69) is 35.1 Å². The molecule has 21 heavy (non-hydrogen) atoms. The van der Waals surface area contributed by atoms with Crippen molar-refractivity contribution in [2.24, 2.45) is 5.92 Å². The molecule has 0 heterocycles. The largest absolute Gasteiger partial charge is 0.352 e. The van der Waals surface area contributed by atoms with Crippen LogP contribution in [0.15, 0.2) is 21.5 Å². The molecule has 8 heteroatoms. The summed E-state index contributed by atoms with van der Waals surface area (Å²) in [5.74, 6) is -0.868. The molecular formula is C13H16BrClFNO3S. The van der Waals surface area contributed by atoms with Gasteiger partial charge in [0, 0.05) is 17.2 Å². The molecule has 1 aromatic rings. The number of nitrogens with one attached hydrogen (secondary N) is 1. The van der Waals surface area contributed by atoms with E-state index < -0.39 is 25.7 Å². The van der Waals surface area contributed by atoms with Gasteiger partial charge in [-0.2, -0.15) is 0 Å². The second-order valence-corrected chi connectivity index (χ2v) is 8.32. The van der Waals surface area contributed by atoms with Crippen molar-refractivity contribution in [1.82, 2.24) is 5.32 Å². The summed E-state index contributed by atoms with van der Waals surface area (Å²) in [7, 11) is 1.07. The average Bonchev–Trinajstić information content (AvgIpc) is 2.35. The van der Waals surface area contributed by atoms with Crippen molar-refractivity contribution in [3.63, 3.8) is 0 Å². The summed E-state index contributed by atoms with van der Waals surface area (Å²) in [4.78, 5) is 11.5. The van der Waals surface area contributed by atoms with Gasteiger partial charge in [0.1, 0.15) is 10.7 Å². The van der Waals surface area contributed by atoms with Crippen molar-refractivity contribution in [3.05, 3.63) is 28.0 Å². The summed E-state index contributed by atoms with van der Waals surface area (Å²) in [6, 6.07) is 1.73. The molecule has 0 radical (unpaired) electrons. The first-order valence-corrected chi connectivity index (χ1v) is 9.45. The fourth-order valence-corrected chi connectivity index (χ4v) is 3.98. The van der Waals surface area contributed by atoms with Gasteiger partial charge in [-0.3, -0.25) is 4.79 Å². The summed E-state index contributed by atoms with van der Waals surface area (Å²) in [6.45, 7) is 4.58. The van der Waals surface area contributed by atoms with Gasteiger partial charge in [-0.25, -0.2) is 12.8 Å². The number of benzene rings is 1. The molecular weight excluding hydrogens is 385 g/mol. The molecule has 1 amide bonds. The Labute approximate surface area is 136 Å². The number of halogens is 3. The maximum absolute atomic E-state index is 13.5. The van der Waals surface area contributed by atoms with Crippen LogP contribution in [0.2, 0.25) is 0 Å². The van der Waals surface area contributed by atoms with Gasteiger partial charge >= 0.3 is 0 Å². The Kier molecular flexibility index (Phi) is 6.62. The highest BCUT2D eigenvalue weighted by Crippen LogP contribution is 2.29. The van der Waals surface area contributed by atoms with Crippen LogP contribution in [0.25, 0.3) is 0 Å². The van der Waals surface area contributed by atoms with Crippen LogP contribution in [0.5, 0.6) is 0 Å². The van der Waals surface area contributed by atoms with E-state index in [1.807, 2.05) is 0 Å². The minimum absolute atomic E-state index is 0.0414. The molecule has 0 saturated carbocycles. The highest BCUT2D eigenvalue weighted by atomic mass is 79.9. The zero-order valence-corrected chi connectivity index (χ0v) is 14.8. The summed E-state index contributed by atoms with van der Waals surface area (Å²) in [6.07, 6.45) is 1.74. The molecule has 0 unspecified atom stereocenters. The van der Waals surface area contributed by atoms with Crippen LogP contribution < -0.4 is 5.32 Å². The van der Waals surface area contributed by atoms with Crippen molar-refractivity contribution in [2.75, 3.05) is 6.54 Å². The summed E-state index contributed by atoms with van der Waals surface area (Å²) >= 11 is 2.99. The maximum Gasteiger partial charge on any atom is 0.262 e. The zero-order valence-electron chi connectivity index (χ0n) is 11.6. The van der Waals surface area contributed by atoms with E-state index in [0.717, 1.165) is 25.0 Å². The molecule has 0 aliphatic heterocycles. The molecule has 0 spiro atoms. The van der Waals surface area contributed by atoms with Crippen LogP contribution in [0.4, 0.5) is 4.39 Å². The minimum atomic E-state index is -4.14.